The molecule has 0 aliphatic rings. The lowest BCUT2D eigenvalue weighted by atomic mass is 10.1. The van der Waals surface area contributed by atoms with E-state index in [9.17, 15) is 0 Å². The third-order valence-corrected chi connectivity index (χ3v) is 1.87. The molecule has 1 radical (unpaired) electrons. The fourth-order valence-electron chi connectivity index (χ4n) is 1.31. The van der Waals surface area contributed by atoms with Crippen LogP contribution in [0.1, 0.15) is 5.56 Å². The molecule has 0 saturated heterocycles. The van der Waals surface area contributed by atoms with E-state index >= 15 is 0 Å². The molecule has 2 rings (SSSR count). The predicted molar refractivity (Wildman–Crippen MR) is 54.0 cm³/mol. The monoisotopic (exact) mass is 166 g/mol. The lowest BCUT2D eigenvalue weighted by Gasteiger charge is -1.97. The van der Waals surface area contributed by atoms with Crippen molar-refractivity contribution in [3.05, 3.63) is 49.0 Å². The van der Waals surface area contributed by atoms with Crippen molar-refractivity contribution in [3.8, 4) is 11.8 Å². The Bertz CT molecular complexity index is 484. The Hall–Kier alpha value is -1.81. The molecule has 1 heterocycles. The molecule has 61 valence electrons. The van der Waals surface area contributed by atoms with E-state index in [1.54, 1.807) is 6.20 Å². The molecule has 0 saturated carbocycles. The molecular weight excluding hydrogens is 158 g/mol. The Morgan fingerprint density at radius 3 is 2.92 bits per heavy atom. The maximum Gasteiger partial charge on any atom is 0.0714 e. The summed E-state index contributed by atoms with van der Waals surface area (Å²) >= 11 is 0. The van der Waals surface area contributed by atoms with E-state index in [0.29, 0.717) is 0 Å². The quantitative estimate of drug-likeness (QED) is 0.548. The van der Waals surface area contributed by atoms with Gasteiger partial charge in [0.1, 0.15) is 0 Å². The molecule has 1 aromatic heterocycles. The summed E-state index contributed by atoms with van der Waals surface area (Å²) in [5.41, 5.74) is 1.96. The topological polar surface area (TPSA) is 12.9 Å². The van der Waals surface area contributed by atoms with Crippen LogP contribution in [0, 0.1) is 18.8 Å². The molecule has 1 heteroatoms. The highest BCUT2D eigenvalue weighted by Crippen LogP contribution is 2.14. The second-order valence-electron chi connectivity index (χ2n) is 2.68. The van der Waals surface area contributed by atoms with Gasteiger partial charge in [0.15, 0.2) is 0 Å². The van der Waals surface area contributed by atoms with Crippen LogP contribution in [0.5, 0.6) is 0 Å². The van der Waals surface area contributed by atoms with Crippen molar-refractivity contribution in [2.45, 2.75) is 0 Å². The average molecular weight is 166 g/mol. The fourth-order valence-corrected chi connectivity index (χ4v) is 1.31. The Balaban J connectivity index is 2.80. The number of rotatable bonds is 0. The Morgan fingerprint density at radius 1 is 1.15 bits per heavy atom. The summed E-state index contributed by atoms with van der Waals surface area (Å²) in [5, 5.41) is 1.08. The van der Waals surface area contributed by atoms with Gasteiger partial charge in [-0.1, -0.05) is 24.0 Å². The molecule has 1 aromatic carbocycles. The third kappa shape index (κ3) is 1.39. The number of hydrogen-bond donors (Lipinski definition) is 0. The van der Waals surface area contributed by atoms with Gasteiger partial charge in [0.25, 0.3) is 0 Å². The minimum absolute atomic E-state index is 0.975. The maximum atomic E-state index is 4.24. The zero-order chi connectivity index (χ0) is 9.10. The van der Waals surface area contributed by atoms with Crippen LogP contribution >= 0.6 is 0 Å². The van der Waals surface area contributed by atoms with Crippen molar-refractivity contribution in [1.82, 2.24) is 4.98 Å². The van der Waals surface area contributed by atoms with Crippen LogP contribution in [0.2, 0.25) is 0 Å². The van der Waals surface area contributed by atoms with Gasteiger partial charge in [-0.3, -0.25) is 4.98 Å². The molecule has 0 N–H and O–H groups in total. The minimum atomic E-state index is 0.975. The van der Waals surface area contributed by atoms with Crippen LogP contribution in [-0.4, -0.2) is 4.98 Å². The largest absolute Gasteiger partial charge is 0.256 e. The van der Waals surface area contributed by atoms with Gasteiger partial charge < -0.3 is 0 Å². The fraction of sp³-hybridized carbons (Fsp3) is 0. The van der Waals surface area contributed by atoms with E-state index in [1.165, 1.54) is 0 Å². The van der Waals surface area contributed by atoms with E-state index in [1.807, 2.05) is 30.3 Å². The standard InChI is InChI=1S/C12H8N/c1-2-5-10-6-3-8-12-11(10)7-4-9-13-12/h3-4,6-9H,1H2. The lowest BCUT2D eigenvalue weighted by molar-refractivity contribution is 1.41. The van der Waals surface area contributed by atoms with Gasteiger partial charge in [0, 0.05) is 24.1 Å². The van der Waals surface area contributed by atoms with Gasteiger partial charge in [-0.2, -0.15) is 0 Å². The second kappa shape index (κ2) is 3.28. The number of pyridine rings is 1. The summed E-state index contributed by atoms with van der Waals surface area (Å²) in [5.74, 6) is 5.60. The molecule has 13 heavy (non-hydrogen) atoms. The third-order valence-electron chi connectivity index (χ3n) is 1.87. The van der Waals surface area contributed by atoms with Gasteiger partial charge in [-0.15, -0.1) is 0 Å². The van der Waals surface area contributed by atoms with Crippen LogP contribution in [0.4, 0.5) is 0 Å². The van der Waals surface area contributed by atoms with Crippen molar-refractivity contribution in [1.29, 1.82) is 0 Å². The average Bonchev–Trinajstić information content (AvgIpc) is 2.19. The normalized spacial score (nSPS) is 9.31. The van der Waals surface area contributed by atoms with E-state index < -0.39 is 0 Å². The molecule has 2 aromatic rings. The number of fused-ring (bicyclic) bond motifs is 1. The molecule has 0 atom stereocenters. The van der Waals surface area contributed by atoms with Crippen LogP contribution in [0.3, 0.4) is 0 Å². The second-order valence-corrected chi connectivity index (χ2v) is 2.68. The first-order valence-corrected chi connectivity index (χ1v) is 4.03. The van der Waals surface area contributed by atoms with E-state index in [2.05, 4.69) is 23.7 Å². The highest BCUT2D eigenvalue weighted by atomic mass is 14.6. The number of nitrogens with zero attached hydrogens (tertiary/aromatic N) is 1. The first kappa shape index (κ1) is 7.82. The Kier molecular flexibility index (Phi) is 1.97. The van der Waals surface area contributed by atoms with Crippen LogP contribution in [0.25, 0.3) is 10.9 Å². The van der Waals surface area contributed by atoms with Crippen molar-refractivity contribution in [3.63, 3.8) is 0 Å². The molecule has 0 amide bonds. The minimum Gasteiger partial charge on any atom is -0.256 e. The van der Waals surface area contributed by atoms with Crippen LogP contribution < -0.4 is 0 Å². The van der Waals surface area contributed by atoms with Gasteiger partial charge in [0.05, 0.1) is 5.52 Å². The molecule has 0 aliphatic heterocycles. The van der Waals surface area contributed by atoms with Gasteiger partial charge >= 0.3 is 0 Å². The molecule has 0 unspecified atom stereocenters. The first-order chi connectivity index (χ1) is 6.42. The molecule has 0 fully saturated rings. The Labute approximate surface area is 77.4 Å². The molecule has 0 aliphatic carbocycles. The summed E-state index contributed by atoms with van der Waals surface area (Å²) < 4.78 is 0. The molecular formula is C12H8N. The summed E-state index contributed by atoms with van der Waals surface area (Å²) in [4.78, 5) is 4.24. The predicted octanol–water partition coefficient (Wildman–Crippen LogP) is 2.42. The van der Waals surface area contributed by atoms with Crippen molar-refractivity contribution in [2.75, 3.05) is 0 Å². The van der Waals surface area contributed by atoms with Crippen molar-refractivity contribution < 1.29 is 0 Å². The van der Waals surface area contributed by atoms with E-state index in [0.717, 1.165) is 16.5 Å². The van der Waals surface area contributed by atoms with Crippen LogP contribution in [0.15, 0.2) is 36.5 Å². The van der Waals surface area contributed by atoms with Gasteiger partial charge in [-0.25, -0.2) is 0 Å². The zero-order valence-corrected chi connectivity index (χ0v) is 7.12. The molecule has 0 spiro atoms. The SMILES string of the molecule is [CH2]C#Cc1cccc2ncccc12. The van der Waals surface area contributed by atoms with Gasteiger partial charge in [-0.05, 0) is 18.2 Å². The summed E-state index contributed by atoms with van der Waals surface area (Å²) in [6.45, 7) is 3.51. The maximum absolute atomic E-state index is 4.24. The highest BCUT2D eigenvalue weighted by molar-refractivity contribution is 5.84. The smallest absolute Gasteiger partial charge is 0.0714 e. The zero-order valence-electron chi connectivity index (χ0n) is 7.12. The highest BCUT2D eigenvalue weighted by Gasteiger charge is 1.96. The van der Waals surface area contributed by atoms with E-state index in [4.69, 9.17) is 0 Å². The molecule has 1 nitrogen and oxygen atoms in total. The van der Waals surface area contributed by atoms with Crippen molar-refractivity contribution in [2.24, 2.45) is 0 Å². The summed E-state index contributed by atoms with van der Waals surface area (Å²) in [7, 11) is 0. The van der Waals surface area contributed by atoms with E-state index in [-0.39, 0.29) is 0 Å². The number of aromatic nitrogens is 1. The van der Waals surface area contributed by atoms with Crippen molar-refractivity contribution >= 4 is 10.9 Å². The van der Waals surface area contributed by atoms with Crippen LogP contribution in [-0.2, 0) is 0 Å². The Morgan fingerprint density at radius 2 is 2.08 bits per heavy atom. The number of hydrogen-bond acceptors (Lipinski definition) is 1. The summed E-state index contributed by atoms with van der Waals surface area (Å²) in [6, 6.07) is 9.83. The lowest BCUT2D eigenvalue weighted by Crippen LogP contribution is -1.81. The van der Waals surface area contributed by atoms with Gasteiger partial charge in [0.2, 0.25) is 0 Å². The molecule has 0 bridgehead atoms. The number of benzene rings is 1. The first-order valence-electron chi connectivity index (χ1n) is 4.03. The summed E-state index contributed by atoms with van der Waals surface area (Å²) in [6.07, 6.45) is 1.78.